The lowest BCUT2D eigenvalue weighted by molar-refractivity contribution is -0.126. The summed E-state index contributed by atoms with van der Waals surface area (Å²) >= 11 is 0. The molecule has 4 nitrogen and oxygen atoms in total. The van der Waals surface area contributed by atoms with E-state index in [2.05, 4.69) is 11.1 Å². The van der Waals surface area contributed by atoms with Gasteiger partial charge < -0.3 is 10.6 Å². The van der Waals surface area contributed by atoms with Crippen LogP contribution >= 0.6 is 0 Å². The van der Waals surface area contributed by atoms with Gasteiger partial charge in [0.2, 0.25) is 5.91 Å². The van der Waals surface area contributed by atoms with E-state index in [0.717, 1.165) is 29.8 Å². The molecule has 0 radical (unpaired) electrons. The van der Waals surface area contributed by atoms with Crippen molar-refractivity contribution in [2.75, 3.05) is 12.3 Å². The van der Waals surface area contributed by atoms with E-state index in [1.165, 1.54) is 5.56 Å². The Morgan fingerprint density at radius 3 is 3.00 bits per heavy atom. The lowest BCUT2D eigenvalue weighted by atomic mass is 9.99. The van der Waals surface area contributed by atoms with Crippen molar-refractivity contribution in [3.8, 4) is 0 Å². The molecule has 0 bridgehead atoms. The number of nitrogens with two attached hydrogens (primary N) is 1. The fraction of sp³-hybridized carbons (Fsp3) is 0.176. The van der Waals surface area contributed by atoms with E-state index in [1.807, 2.05) is 29.2 Å². The van der Waals surface area contributed by atoms with Crippen LogP contribution in [0.15, 0.2) is 48.8 Å². The lowest BCUT2D eigenvalue weighted by Gasteiger charge is -2.28. The second kappa shape index (κ2) is 5.79. The van der Waals surface area contributed by atoms with Crippen LogP contribution in [0.5, 0.6) is 0 Å². The summed E-state index contributed by atoms with van der Waals surface area (Å²) in [5.41, 5.74) is 9.91. The minimum absolute atomic E-state index is 0.0203. The van der Waals surface area contributed by atoms with Crippen LogP contribution in [0.1, 0.15) is 16.7 Å². The fourth-order valence-corrected chi connectivity index (χ4v) is 2.51. The Labute approximate surface area is 123 Å². The molecule has 0 atom stereocenters. The minimum Gasteiger partial charge on any atom is -0.399 e. The number of rotatable bonds is 2. The highest BCUT2D eigenvalue weighted by Gasteiger charge is 2.18. The third kappa shape index (κ3) is 3.11. The molecule has 106 valence electrons. The molecule has 0 saturated carbocycles. The predicted molar refractivity (Wildman–Crippen MR) is 83.2 cm³/mol. The molecule has 0 fully saturated rings. The highest BCUT2D eigenvalue weighted by atomic mass is 16.2. The lowest BCUT2D eigenvalue weighted by Crippen LogP contribution is -2.34. The second-order valence-electron chi connectivity index (χ2n) is 5.16. The molecule has 1 aliphatic heterocycles. The number of carbonyl (C=O) groups is 1. The molecule has 4 heteroatoms. The first-order chi connectivity index (χ1) is 10.2. The Kier molecular flexibility index (Phi) is 3.69. The summed E-state index contributed by atoms with van der Waals surface area (Å²) in [6, 6.07) is 9.70. The third-order valence-electron chi connectivity index (χ3n) is 3.66. The van der Waals surface area contributed by atoms with E-state index in [-0.39, 0.29) is 5.91 Å². The van der Waals surface area contributed by atoms with Crippen molar-refractivity contribution in [2.45, 2.75) is 13.0 Å². The Balaban J connectivity index is 1.71. The number of carbonyl (C=O) groups excluding carboxylic acids is 1. The fourth-order valence-electron chi connectivity index (χ4n) is 2.51. The first-order valence-electron chi connectivity index (χ1n) is 6.97. The van der Waals surface area contributed by atoms with E-state index in [9.17, 15) is 4.79 Å². The first-order valence-corrected chi connectivity index (χ1v) is 6.97. The third-order valence-corrected chi connectivity index (χ3v) is 3.66. The number of aromatic nitrogens is 1. The van der Waals surface area contributed by atoms with Gasteiger partial charge in [0, 0.05) is 37.2 Å². The van der Waals surface area contributed by atoms with E-state index in [1.54, 1.807) is 24.5 Å². The molecule has 1 aliphatic rings. The average Bonchev–Trinajstić information content (AvgIpc) is 2.53. The van der Waals surface area contributed by atoms with Crippen LogP contribution in [0.4, 0.5) is 5.69 Å². The molecule has 3 rings (SSSR count). The van der Waals surface area contributed by atoms with Gasteiger partial charge >= 0.3 is 0 Å². The van der Waals surface area contributed by atoms with E-state index < -0.39 is 0 Å². The van der Waals surface area contributed by atoms with E-state index in [0.29, 0.717) is 6.54 Å². The van der Waals surface area contributed by atoms with Gasteiger partial charge in [0.15, 0.2) is 0 Å². The Morgan fingerprint density at radius 1 is 1.29 bits per heavy atom. The van der Waals surface area contributed by atoms with Crippen molar-refractivity contribution >= 4 is 17.7 Å². The van der Waals surface area contributed by atoms with Gasteiger partial charge in [-0.2, -0.15) is 0 Å². The molecule has 2 heterocycles. The summed E-state index contributed by atoms with van der Waals surface area (Å²) in [7, 11) is 0. The average molecular weight is 279 g/mol. The van der Waals surface area contributed by atoms with E-state index in [4.69, 9.17) is 5.73 Å². The van der Waals surface area contributed by atoms with Gasteiger partial charge in [-0.05, 0) is 47.4 Å². The number of pyridine rings is 1. The molecular formula is C17H17N3O. The highest BCUT2D eigenvalue weighted by molar-refractivity contribution is 5.91. The second-order valence-corrected chi connectivity index (χ2v) is 5.16. The van der Waals surface area contributed by atoms with Crippen molar-refractivity contribution in [3.05, 3.63) is 65.5 Å². The van der Waals surface area contributed by atoms with Gasteiger partial charge in [0.25, 0.3) is 0 Å². The Hall–Kier alpha value is -2.62. The number of hydrogen-bond acceptors (Lipinski definition) is 3. The molecule has 1 aromatic carbocycles. The quantitative estimate of drug-likeness (QED) is 0.677. The topological polar surface area (TPSA) is 59.2 Å². The molecule has 0 aliphatic carbocycles. The predicted octanol–water partition coefficient (Wildman–Crippen LogP) is 2.26. The summed E-state index contributed by atoms with van der Waals surface area (Å²) in [6.45, 7) is 1.36. The van der Waals surface area contributed by atoms with Crippen molar-refractivity contribution in [3.63, 3.8) is 0 Å². The molecule has 2 N–H and O–H groups in total. The van der Waals surface area contributed by atoms with Crippen LogP contribution in [0.2, 0.25) is 0 Å². The van der Waals surface area contributed by atoms with Crippen LogP contribution in [0.25, 0.3) is 6.08 Å². The Bertz CT molecular complexity index is 680. The van der Waals surface area contributed by atoms with E-state index >= 15 is 0 Å². The molecule has 0 saturated heterocycles. The zero-order chi connectivity index (χ0) is 14.7. The maximum atomic E-state index is 12.3. The first kappa shape index (κ1) is 13.4. The largest absolute Gasteiger partial charge is 0.399 e. The number of fused-ring (bicyclic) bond motifs is 1. The summed E-state index contributed by atoms with van der Waals surface area (Å²) in [5, 5.41) is 0. The number of anilines is 1. The molecule has 0 spiro atoms. The Morgan fingerprint density at radius 2 is 2.19 bits per heavy atom. The molecule has 2 aromatic rings. The zero-order valence-electron chi connectivity index (χ0n) is 11.7. The van der Waals surface area contributed by atoms with Gasteiger partial charge in [-0.3, -0.25) is 9.78 Å². The standard InChI is InChI=1S/C17H17N3O/c18-16-5-4-14-7-9-20(12-15(14)10-16)17(21)6-3-13-2-1-8-19-11-13/h1-6,8,10-11H,7,9,12,18H2/b6-3+. The number of hydrogen-bond donors (Lipinski definition) is 1. The molecule has 1 aromatic heterocycles. The summed E-state index contributed by atoms with van der Waals surface area (Å²) < 4.78 is 0. The van der Waals surface area contributed by atoms with Crippen molar-refractivity contribution in [2.24, 2.45) is 0 Å². The highest BCUT2D eigenvalue weighted by Crippen LogP contribution is 2.21. The van der Waals surface area contributed by atoms with Crippen molar-refractivity contribution in [1.82, 2.24) is 9.88 Å². The van der Waals surface area contributed by atoms with Crippen LogP contribution < -0.4 is 5.73 Å². The number of nitrogen functional groups attached to an aromatic ring is 1. The smallest absolute Gasteiger partial charge is 0.246 e. The van der Waals surface area contributed by atoms with Gasteiger partial charge in [0.1, 0.15) is 0 Å². The minimum atomic E-state index is 0.0203. The van der Waals surface area contributed by atoms with Gasteiger partial charge in [-0.25, -0.2) is 0 Å². The maximum absolute atomic E-state index is 12.3. The summed E-state index contributed by atoms with van der Waals surface area (Å²) in [4.78, 5) is 18.1. The summed E-state index contributed by atoms with van der Waals surface area (Å²) in [6.07, 6.45) is 7.72. The van der Waals surface area contributed by atoms with Gasteiger partial charge in [-0.15, -0.1) is 0 Å². The normalized spacial score (nSPS) is 14.2. The zero-order valence-corrected chi connectivity index (χ0v) is 11.7. The van der Waals surface area contributed by atoms with Crippen LogP contribution in [-0.4, -0.2) is 22.3 Å². The van der Waals surface area contributed by atoms with Crippen molar-refractivity contribution in [1.29, 1.82) is 0 Å². The molecule has 0 unspecified atom stereocenters. The number of benzene rings is 1. The molecular weight excluding hydrogens is 262 g/mol. The molecule has 21 heavy (non-hydrogen) atoms. The molecule has 1 amide bonds. The van der Waals surface area contributed by atoms with Gasteiger partial charge in [0.05, 0.1) is 0 Å². The summed E-state index contributed by atoms with van der Waals surface area (Å²) in [5.74, 6) is 0.0203. The monoisotopic (exact) mass is 279 g/mol. The SMILES string of the molecule is Nc1ccc2c(c1)CN(C(=O)/C=C/c1cccnc1)CC2. The number of nitrogens with zero attached hydrogens (tertiary/aromatic N) is 2. The van der Waals surface area contributed by atoms with Crippen LogP contribution in [0, 0.1) is 0 Å². The number of amides is 1. The van der Waals surface area contributed by atoms with Gasteiger partial charge in [-0.1, -0.05) is 12.1 Å². The van der Waals surface area contributed by atoms with Crippen LogP contribution in [-0.2, 0) is 17.8 Å². The maximum Gasteiger partial charge on any atom is 0.246 e. The van der Waals surface area contributed by atoms with Crippen molar-refractivity contribution < 1.29 is 4.79 Å². The van der Waals surface area contributed by atoms with Crippen LogP contribution in [0.3, 0.4) is 0 Å².